The van der Waals surface area contributed by atoms with Crippen LogP contribution in [0.3, 0.4) is 0 Å². The van der Waals surface area contributed by atoms with Crippen molar-refractivity contribution in [2.75, 3.05) is 13.1 Å². The molecular formula is C20H29NO2. The number of benzene rings is 1. The third kappa shape index (κ3) is 3.95. The van der Waals surface area contributed by atoms with Crippen molar-refractivity contribution < 1.29 is 9.53 Å². The molecule has 0 N–H and O–H groups in total. The molecule has 23 heavy (non-hydrogen) atoms. The van der Waals surface area contributed by atoms with Crippen LogP contribution in [0.1, 0.15) is 52.2 Å². The number of aryl methyl sites for hydroxylation is 1. The molecule has 1 heterocycles. The van der Waals surface area contributed by atoms with Crippen molar-refractivity contribution in [2.24, 2.45) is 5.41 Å². The second kappa shape index (κ2) is 6.38. The number of allylic oxidation sites excluding steroid dienone is 1. The van der Waals surface area contributed by atoms with Crippen molar-refractivity contribution >= 4 is 11.7 Å². The standard InChI is InChI=1S/C18H23NO2.C2H6/c1-13-5-7-14(8-6-13)15-9-18(10-15)11-19(12-18)16(20)21-17(2,3)4;1-2/h5-9H,10-12H2,1-4H3;1-2H3. The van der Waals surface area contributed by atoms with Gasteiger partial charge in [0.25, 0.3) is 0 Å². The van der Waals surface area contributed by atoms with Gasteiger partial charge in [0.05, 0.1) is 0 Å². The van der Waals surface area contributed by atoms with E-state index in [1.165, 1.54) is 16.7 Å². The fourth-order valence-electron chi connectivity index (χ4n) is 3.05. The Balaban J connectivity index is 0.000000924. The van der Waals surface area contributed by atoms with Gasteiger partial charge in [-0.3, -0.25) is 0 Å². The number of hydrogen-bond acceptors (Lipinski definition) is 2. The summed E-state index contributed by atoms with van der Waals surface area (Å²) < 4.78 is 5.39. The highest BCUT2D eigenvalue weighted by molar-refractivity contribution is 5.76. The first kappa shape index (κ1) is 17.6. The van der Waals surface area contributed by atoms with E-state index in [0.717, 1.165) is 19.5 Å². The second-order valence-electron chi connectivity index (χ2n) is 7.41. The Morgan fingerprint density at radius 3 is 2.13 bits per heavy atom. The molecule has 0 unspecified atom stereocenters. The van der Waals surface area contributed by atoms with Crippen LogP contribution in [0, 0.1) is 12.3 Å². The van der Waals surface area contributed by atoms with Crippen LogP contribution in [0.4, 0.5) is 4.79 Å². The summed E-state index contributed by atoms with van der Waals surface area (Å²) in [5, 5.41) is 0. The van der Waals surface area contributed by atoms with Gasteiger partial charge in [-0.25, -0.2) is 4.79 Å². The second-order valence-corrected chi connectivity index (χ2v) is 7.41. The minimum atomic E-state index is -0.414. The van der Waals surface area contributed by atoms with E-state index < -0.39 is 5.60 Å². The van der Waals surface area contributed by atoms with Crippen molar-refractivity contribution in [3.63, 3.8) is 0 Å². The quantitative estimate of drug-likeness (QED) is 0.726. The molecule has 1 aromatic carbocycles. The molecule has 1 aromatic rings. The molecule has 3 nitrogen and oxygen atoms in total. The topological polar surface area (TPSA) is 29.5 Å². The van der Waals surface area contributed by atoms with Crippen LogP contribution < -0.4 is 0 Å². The largest absolute Gasteiger partial charge is 0.444 e. The Kier molecular flexibility index (Phi) is 4.88. The van der Waals surface area contributed by atoms with Gasteiger partial charge in [0.2, 0.25) is 0 Å². The van der Waals surface area contributed by atoms with Crippen molar-refractivity contribution in [3.05, 3.63) is 41.5 Å². The summed E-state index contributed by atoms with van der Waals surface area (Å²) in [7, 11) is 0. The van der Waals surface area contributed by atoms with Crippen molar-refractivity contribution in [2.45, 2.75) is 53.6 Å². The Morgan fingerprint density at radius 1 is 1.13 bits per heavy atom. The van der Waals surface area contributed by atoms with Gasteiger partial charge in [0, 0.05) is 18.5 Å². The van der Waals surface area contributed by atoms with E-state index in [2.05, 4.69) is 37.3 Å². The molecule has 2 aliphatic rings. The maximum absolute atomic E-state index is 11.9. The fourth-order valence-corrected chi connectivity index (χ4v) is 3.05. The molecule has 126 valence electrons. The van der Waals surface area contributed by atoms with Gasteiger partial charge in [-0.1, -0.05) is 49.8 Å². The zero-order chi connectivity index (χ0) is 17.3. The third-order valence-electron chi connectivity index (χ3n) is 4.11. The highest BCUT2D eigenvalue weighted by atomic mass is 16.6. The van der Waals surface area contributed by atoms with Gasteiger partial charge < -0.3 is 9.64 Å². The molecule has 0 bridgehead atoms. The minimum Gasteiger partial charge on any atom is -0.444 e. The van der Waals surface area contributed by atoms with Crippen LogP contribution in [0.25, 0.3) is 5.57 Å². The summed E-state index contributed by atoms with van der Waals surface area (Å²) in [5.41, 5.74) is 3.79. The van der Waals surface area contributed by atoms with E-state index in [0.29, 0.717) is 0 Å². The number of carbonyl (C=O) groups is 1. The predicted octanol–water partition coefficient (Wildman–Crippen LogP) is 5.05. The first-order valence-electron chi connectivity index (χ1n) is 8.53. The Labute approximate surface area is 140 Å². The normalized spacial score (nSPS) is 18.2. The molecule has 1 amide bonds. The molecule has 0 radical (unpaired) electrons. The Bertz CT molecular complexity index is 587. The molecule has 1 spiro atoms. The summed E-state index contributed by atoms with van der Waals surface area (Å²) in [6, 6.07) is 8.65. The molecular weight excluding hydrogens is 286 g/mol. The van der Waals surface area contributed by atoms with E-state index in [1.54, 1.807) is 4.90 Å². The Morgan fingerprint density at radius 2 is 1.65 bits per heavy atom. The first-order chi connectivity index (χ1) is 10.8. The highest BCUT2D eigenvalue weighted by Gasteiger charge is 2.49. The fraction of sp³-hybridized carbons (Fsp3) is 0.550. The number of hydrogen-bond donors (Lipinski definition) is 0. The number of ether oxygens (including phenoxy) is 1. The maximum atomic E-state index is 11.9. The van der Waals surface area contributed by atoms with Crippen molar-refractivity contribution in [3.8, 4) is 0 Å². The van der Waals surface area contributed by atoms with Crippen LogP contribution >= 0.6 is 0 Å². The molecule has 1 saturated heterocycles. The van der Waals surface area contributed by atoms with Crippen LogP contribution in [-0.2, 0) is 4.74 Å². The molecule has 0 aromatic heterocycles. The van der Waals surface area contributed by atoms with Crippen LogP contribution in [0.2, 0.25) is 0 Å². The smallest absolute Gasteiger partial charge is 0.410 e. The molecule has 1 fully saturated rings. The molecule has 1 aliphatic carbocycles. The average molecular weight is 315 g/mol. The zero-order valence-corrected chi connectivity index (χ0v) is 15.3. The SMILES string of the molecule is CC.Cc1ccc(C2=CC3(C2)CN(C(=O)OC(C)(C)C)C3)cc1. The van der Waals surface area contributed by atoms with Crippen LogP contribution in [0.15, 0.2) is 30.3 Å². The molecule has 0 saturated carbocycles. The number of likely N-dealkylation sites (tertiary alicyclic amines) is 1. The van der Waals surface area contributed by atoms with Gasteiger partial charge >= 0.3 is 6.09 Å². The molecule has 0 atom stereocenters. The van der Waals surface area contributed by atoms with E-state index >= 15 is 0 Å². The van der Waals surface area contributed by atoms with Crippen molar-refractivity contribution in [1.29, 1.82) is 0 Å². The number of rotatable bonds is 1. The molecule has 3 rings (SSSR count). The lowest BCUT2D eigenvalue weighted by Crippen LogP contribution is -2.60. The first-order valence-corrected chi connectivity index (χ1v) is 8.53. The minimum absolute atomic E-state index is 0.190. The van der Waals surface area contributed by atoms with Gasteiger partial charge in [-0.2, -0.15) is 0 Å². The summed E-state index contributed by atoms with van der Waals surface area (Å²) in [6.07, 6.45) is 3.21. The summed E-state index contributed by atoms with van der Waals surface area (Å²) in [5.74, 6) is 0. The highest BCUT2D eigenvalue weighted by Crippen LogP contribution is 2.50. The predicted molar refractivity (Wildman–Crippen MR) is 95.4 cm³/mol. The van der Waals surface area contributed by atoms with Gasteiger partial charge in [-0.05, 0) is 45.3 Å². The lowest BCUT2D eigenvalue weighted by Gasteiger charge is -2.53. The lowest BCUT2D eigenvalue weighted by atomic mass is 9.64. The van der Waals surface area contributed by atoms with Gasteiger partial charge in [0.15, 0.2) is 0 Å². The number of carbonyl (C=O) groups excluding carboxylic acids is 1. The van der Waals surface area contributed by atoms with Gasteiger partial charge in [-0.15, -0.1) is 0 Å². The Hall–Kier alpha value is -1.77. The average Bonchev–Trinajstić information content (AvgIpc) is 2.38. The van der Waals surface area contributed by atoms with Crippen LogP contribution in [-0.4, -0.2) is 29.7 Å². The lowest BCUT2D eigenvalue weighted by molar-refractivity contribution is -0.0207. The summed E-state index contributed by atoms with van der Waals surface area (Å²) >= 11 is 0. The van der Waals surface area contributed by atoms with E-state index in [9.17, 15) is 4.79 Å². The monoisotopic (exact) mass is 315 g/mol. The zero-order valence-electron chi connectivity index (χ0n) is 15.3. The summed E-state index contributed by atoms with van der Waals surface area (Å²) in [6.45, 7) is 13.4. The third-order valence-corrected chi connectivity index (χ3v) is 4.11. The number of nitrogens with zero attached hydrogens (tertiary/aromatic N) is 1. The molecule has 3 heteroatoms. The van der Waals surface area contributed by atoms with E-state index in [-0.39, 0.29) is 11.5 Å². The maximum Gasteiger partial charge on any atom is 0.410 e. The van der Waals surface area contributed by atoms with E-state index in [4.69, 9.17) is 4.74 Å². The molecule has 1 aliphatic heterocycles. The van der Waals surface area contributed by atoms with Crippen LogP contribution in [0.5, 0.6) is 0 Å². The van der Waals surface area contributed by atoms with Crippen molar-refractivity contribution in [1.82, 2.24) is 4.90 Å². The summed E-state index contributed by atoms with van der Waals surface area (Å²) in [4.78, 5) is 13.7. The number of amides is 1. The van der Waals surface area contributed by atoms with E-state index in [1.807, 2.05) is 34.6 Å². The van der Waals surface area contributed by atoms with Gasteiger partial charge in [0.1, 0.15) is 5.60 Å².